The highest BCUT2D eigenvalue weighted by Crippen LogP contribution is 2.20. The summed E-state index contributed by atoms with van der Waals surface area (Å²) in [7, 11) is 0. The molecule has 0 fully saturated rings. The maximum Gasteiger partial charge on any atom is 0.247 e. The third-order valence-electron chi connectivity index (χ3n) is 4.09. The van der Waals surface area contributed by atoms with Gasteiger partial charge in [0.25, 0.3) is 0 Å². The second-order valence-corrected chi connectivity index (χ2v) is 6.15. The van der Waals surface area contributed by atoms with E-state index < -0.39 is 0 Å². The highest BCUT2D eigenvalue weighted by Gasteiger charge is 2.15. The van der Waals surface area contributed by atoms with Crippen LogP contribution in [0.2, 0.25) is 0 Å². The summed E-state index contributed by atoms with van der Waals surface area (Å²) in [6, 6.07) is 17.1. The Labute approximate surface area is 160 Å². The van der Waals surface area contributed by atoms with E-state index in [1.807, 2.05) is 61.5 Å². The molecule has 0 radical (unpaired) electrons. The van der Waals surface area contributed by atoms with E-state index in [0.29, 0.717) is 17.6 Å². The normalized spacial score (nSPS) is 10.8. The van der Waals surface area contributed by atoms with E-state index >= 15 is 0 Å². The lowest BCUT2D eigenvalue weighted by atomic mass is 10.1. The van der Waals surface area contributed by atoms with Gasteiger partial charge < -0.3 is 14.3 Å². The molecule has 0 atom stereocenters. The summed E-state index contributed by atoms with van der Waals surface area (Å²) in [6.45, 7) is 2.09. The Morgan fingerprint density at radius 3 is 2.61 bits per heavy atom. The molecule has 2 heterocycles. The molecule has 140 valence electrons. The first-order chi connectivity index (χ1) is 13.7. The smallest absolute Gasteiger partial charge is 0.247 e. The van der Waals surface area contributed by atoms with Crippen LogP contribution >= 0.6 is 0 Å². The number of hydrogen-bond donors (Lipinski definition) is 1. The van der Waals surface area contributed by atoms with Crippen molar-refractivity contribution in [1.29, 1.82) is 0 Å². The first-order valence-electron chi connectivity index (χ1n) is 8.72. The standard InChI is InChI=1S/C20H17N5O3/c1-13-7-5-6-10-15(13)19-22-17(28-25-19)11-16(26)21-12-18-23-24-20(27-18)14-8-3-2-4-9-14/h2-10H,11-12H2,1H3,(H,21,26). The van der Waals surface area contributed by atoms with Gasteiger partial charge in [-0.1, -0.05) is 47.6 Å². The third-order valence-corrected chi connectivity index (χ3v) is 4.09. The number of rotatable bonds is 6. The molecule has 8 heteroatoms. The average Bonchev–Trinajstić information content (AvgIpc) is 3.37. The Morgan fingerprint density at radius 2 is 1.79 bits per heavy atom. The zero-order valence-electron chi connectivity index (χ0n) is 15.1. The lowest BCUT2D eigenvalue weighted by Crippen LogP contribution is -2.24. The van der Waals surface area contributed by atoms with Crippen LogP contribution in [-0.2, 0) is 17.8 Å². The predicted molar refractivity (Wildman–Crippen MR) is 99.8 cm³/mol. The van der Waals surface area contributed by atoms with Gasteiger partial charge in [0.1, 0.15) is 6.42 Å². The van der Waals surface area contributed by atoms with Gasteiger partial charge in [-0.05, 0) is 24.6 Å². The molecule has 2 aromatic carbocycles. The van der Waals surface area contributed by atoms with Crippen molar-refractivity contribution in [3.05, 3.63) is 71.9 Å². The Morgan fingerprint density at radius 1 is 1.00 bits per heavy atom. The topological polar surface area (TPSA) is 107 Å². The van der Waals surface area contributed by atoms with Crippen molar-refractivity contribution < 1.29 is 13.7 Å². The van der Waals surface area contributed by atoms with Gasteiger partial charge in [-0.15, -0.1) is 10.2 Å². The van der Waals surface area contributed by atoms with Crippen molar-refractivity contribution >= 4 is 5.91 Å². The summed E-state index contributed by atoms with van der Waals surface area (Å²) in [5, 5.41) is 14.6. The van der Waals surface area contributed by atoms with Gasteiger partial charge in [0.15, 0.2) is 0 Å². The Balaban J connectivity index is 1.34. The van der Waals surface area contributed by atoms with Gasteiger partial charge in [-0.3, -0.25) is 4.79 Å². The summed E-state index contributed by atoms with van der Waals surface area (Å²) in [4.78, 5) is 16.4. The first-order valence-corrected chi connectivity index (χ1v) is 8.72. The molecule has 0 unspecified atom stereocenters. The second kappa shape index (κ2) is 7.83. The van der Waals surface area contributed by atoms with Crippen molar-refractivity contribution in [1.82, 2.24) is 25.7 Å². The number of carbonyl (C=O) groups is 1. The molecular formula is C20H17N5O3. The summed E-state index contributed by atoms with van der Waals surface area (Å²) < 4.78 is 10.7. The van der Waals surface area contributed by atoms with E-state index in [1.165, 1.54) is 0 Å². The van der Waals surface area contributed by atoms with E-state index in [0.717, 1.165) is 16.7 Å². The highest BCUT2D eigenvalue weighted by molar-refractivity contribution is 5.77. The van der Waals surface area contributed by atoms with Crippen LogP contribution in [0.5, 0.6) is 0 Å². The predicted octanol–water partition coefficient (Wildman–Crippen LogP) is 2.95. The van der Waals surface area contributed by atoms with Gasteiger partial charge in [0, 0.05) is 11.1 Å². The molecule has 4 aromatic rings. The number of carbonyl (C=O) groups excluding carboxylic acids is 1. The molecule has 0 aliphatic carbocycles. The van der Waals surface area contributed by atoms with E-state index in [4.69, 9.17) is 8.94 Å². The molecule has 0 aliphatic heterocycles. The minimum Gasteiger partial charge on any atom is -0.419 e. The van der Waals surface area contributed by atoms with Gasteiger partial charge in [0.2, 0.25) is 29.4 Å². The van der Waals surface area contributed by atoms with Crippen LogP contribution in [0.1, 0.15) is 17.3 Å². The molecule has 0 bridgehead atoms. The average molecular weight is 375 g/mol. The molecule has 8 nitrogen and oxygen atoms in total. The molecular weight excluding hydrogens is 358 g/mol. The van der Waals surface area contributed by atoms with Gasteiger partial charge >= 0.3 is 0 Å². The minimum atomic E-state index is -0.278. The van der Waals surface area contributed by atoms with Crippen LogP contribution in [0, 0.1) is 6.92 Å². The SMILES string of the molecule is Cc1ccccc1-c1noc(CC(=O)NCc2nnc(-c3ccccc3)o2)n1. The number of amides is 1. The quantitative estimate of drug-likeness (QED) is 0.552. The lowest BCUT2D eigenvalue weighted by molar-refractivity contribution is -0.121. The maximum atomic E-state index is 12.1. The Kier molecular flexibility index (Phi) is 4.92. The number of aromatic nitrogens is 4. The van der Waals surface area contributed by atoms with Crippen LogP contribution < -0.4 is 5.32 Å². The second-order valence-electron chi connectivity index (χ2n) is 6.15. The van der Waals surface area contributed by atoms with Crippen molar-refractivity contribution in [2.75, 3.05) is 0 Å². The van der Waals surface area contributed by atoms with Gasteiger partial charge in [-0.25, -0.2) is 0 Å². The number of nitrogens with one attached hydrogen (secondary N) is 1. The number of benzene rings is 2. The van der Waals surface area contributed by atoms with E-state index in [-0.39, 0.29) is 24.8 Å². The third kappa shape index (κ3) is 3.96. The first kappa shape index (κ1) is 17.6. The summed E-state index contributed by atoms with van der Waals surface area (Å²) in [5.41, 5.74) is 2.73. The fourth-order valence-corrected chi connectivity index (χ4v) is 2.66. The molecule has 4 rings (SSSR count). The zero-order chi connectivity index (χ0) is 19.3. The van der Waals surface area contributed by atoms with Crippen LogP contribution in [0.15, 0.2) is 63.5 Å². The number of aryl methyl sites for hydroxylation is 1. The van der Waals surface area contributed by atoms with Crippen LogP contribution in [-0.4, -0.2) is 26.2 Å². The molecule has 1 N–H and O–H groups in total. The number of nitrogens with zero attached hydrogens (tertiary/aromatic N) is 4. The van der Waals surface area contributed by atoms with E-state index in [9.17, 15) is 4.79 Å². The lowest BCUT2D eigenvalue weighted by Gasteiger charge is -1.99. The fourth-order valence-electron chi connectivity index (χ4n) is 2.66. The van der Waals surface area contributed by atoms with Gasteiger partial charge in [0.05, 0.1) is 6.54 Å². The van der Waals surface area contributed by atoms with E-state index in [1.54, 1.807) is 0 Å². The molecule has 0 aliphatic rings. The van der Waals surface area contributed by atoms with Crippen LogP contribution in [0.25, 0.3) is 22.8 Å². The molecule has 0 saturated heterocycles. The van der Waals surface area contributed by atoms with Crippen LogP contribution in [0.4, 0.5) is 0 Å². The minimum absolute atomic E-state index is 0.0292. The van der Waals surface area contributed by atoms with Crippen molar-refractivity contribution in [2.45, 2.75) is 19.9 Å². The molecule has 28 heavy (non-hydrogen) atoms. The summed E-state index contributed by atoms with van der Waals surface area (Å²) >= 11 is 0. The Bertz CT molecular complexity index is 1090. The van der Waals surface area contributed by atoms with Gasteiger partial charge in [-0.2, -0.15) is 4.98 Å². The Hall–Kier alpha value is -3.81. The zero-order valence-corrected chi connectivity index (χ0v) is 15.1. The van der Waals surface area contributed by atoms with Crippen molar-refractivity contribution in [3.8, 4) is 22.8 Å². The largest absolute Gasteiger partial charge is 0.419 e. The number of hydrogen-bond acceptors (Lipinski definition) is 7. The van der Waals surface area contributed by atoms with Crippen molar-refractivity contribution in [3.63, 3.8) is 0 Å². The molecule has 1 amide bonds. The summed E-state index contributed by atoms with van der Waals surface area (Å²) in [5.74, 6) is 1.15. The van der Waals surface area contributed by atoms with Crippen molar-refractivity contribution in [2.24, 2.45) is 0 Å². The monoisotopic (exact) mass is 375 g/mol. The van der Waals surface area contributed by atoms with E-state index in [2.05, 4.69) is 25.7 Å². The molecule has 0 saturated carbocycles. The summed E-state index contributed by atoms with van der Waals surface area (Å²) in [6.07, 6.45) is -0.0292. The van der Waals surface area contributed by atoms with Crippen LogP contribution in [0.3, 0.4) is 0 Å². The highest BCUT2D eigenvalue weighted by atomic mass is 16.5. The maximum absolute atomic E-state index is 12.1. The molecule has 2 aromatic heterocycles. The fraction of sp³-hybridized carbons (Fsp3) is 0.150. The molecule has 0 spiro atoms.